The van der Waals surface area contributed by atoms with Gasteiger partial charge in [0.05, 0.1) is 21.1 Å². The maximum atomic E-state index is 12.7. The number of benzene rings is 2. The summed E-state index contributed by atoms with van der Waals surface area (Å²) in [7, 11) is 0. The molecule has 1 aliphatic heterocycles. The first kappa shape index (κ1) is 19.7. The van der Waals surface area contributed by atoms with Crippen LogP contribution in [0.2, 0.25) is 0 Å². The van der Waals surface area contributed by atoms with Crippen molar-refractivity contribution in [3.63, 3.8) is 0 Å². The molecule has 1 fully saturated rings. The van der Waals surface area contributed by atoms with Gasteiger partial charge in [-0.1, -0.05) is 42.2 Å². The van der Waals surface area contributed by atoms with Crippen LogP contribution in [0.1, 0.15) is 22.8 Å². The normalized spacial score (nSPS) is 15.6. The van der Waals surface area contributed by atoms with Gasteiger partial charge >= 0.3 is 0 Å². The molecule has 0 N–H and O–H groups in total. The molecular formula is C20H14N2O4S2. The van der Waals surface area contributed by atoms with Crippen LogP contribution in [0.3, 0.4) is 0 Å². The Balaban J connectivity index is 1.81. The lowest BCUT2D eigenvalue weighted by Crippen LogP contribution is -2.27. The number of nitrogens with zero attached hydrogens (tertiary/aromatic N) is 2. The van der Waals surface area contributed by atoms with Gasteiger partial charge in [-0.15, -0.1) is 0 Å². The van der Waals surface area contributed by atoms with Crippen LogP contribution in [0.15, 0.2) is 65.6 Å². The number of para-hydroxylation sites is 1. The van der Waals surface area contributed by atoms with Gasteiger partial charge in [-0.25, -0.2) is 0 Å². The summed E-state index contributed by atoms with van der Waals surface area (Å²) in [5.41, 5.74) is 1.57. The number of carbonyl (C=O) groups excluding carboxylic acids is 2. The Morgan fingerprint density at radius 3 is 2.50 bits per heavy atom. The van der Waals surface area contributed by atoms with Gasteiger partial charge in [0.25, 0.3) is 11.6 Å². The third-order valence-electron chi connectivity index (χ3n) is 3.98. The van der Waals surface area contributed by atoms with E-state index in [0.29, 0.717) is 26.0 Å². The van der Waals surface area contributed by atoms with Crippen molar-refractivity contribution in [2.24, 2.45) is 0 Å². The second-order valence-electron chi connectivity index (χ2n) is 5.82. The van der Waals surface area contributed by atoms with E-state index in [1.165, 1.54) is 17.9 Å². The highest BCUT2D eigenvalue weighted by molar-refractivity contribution is 8.27. The number of anilines is 1. The number of Topliss-reactive ketones (excluding diaryl/α,β-unsaturated/α-hetero) is 1. The molecule has 1 amide bonds. The summed E-state index contributed by atoms with van der Waals surface area (Å²) in [6, 6.07) is 13.0. The molecule has 0 unspecified atom stereocenters. The van der Waals surface area contributed by atoms with Crippen LogP contribution in [-0.4, -0.2) is 20.9 Å². The minimum Gasteiger partial charge on any atom is -0.295 e. The molecule has 0 aromatic heterocycles. The lowest BCUT2D eigenvalue weighted by Gasteiger charge is -2.14. The molecule has 2 aromatic carbocycles. The van der Waals surface area contributed by atoms with Crippen molar-refractivity contribution in [3.05, 3.63) is 86.8 Å². The Labute approximate surface area is 170 Å². The maximum Gasteiger partial charge on any atom is 0.276 e. The molecular weight excluding hydrogens is 396 g/mol. The highest BCUT2D eigenvalue weighted by atomic mass is 32.2. The lowest BCUT2D eigenvalue weighted by molar-refractivity contribution is -0.385. The number of carbonyl (C=O) groups is 2. The van der Waals surface area contributed by atoms with Gasteiger partial charge in [0.15, 0.2) is 10.1 Å². The number of ketones is 1. The molecule has 0 aliphatic carbocycles. The molecule has 6 nitrogen and oxygen atoms in total. The second-order valence-corrected chi connectivity index (χ2v) is 7.49. The quantitative estimate of drug-likeness (QED) is 0.232. The van der Waals surface area contributed by atoms with Crippen LogP contribution in [0, 0.1) is 10.1 Å². The van der Waals surface area contributed by atoms with Crippen molar-refractivity contribution >= 4 is 57.4 Å². The smallest absolute Gasteiger partial charge is 0.276 e. The predicted molar refractivity (Wildman–Crippen MR) is 114 cm³/mol. The minimum absolute atomic E-state index is 0.00902. The standard InChI is InChI=1S/C20H14N2O4S2/c1-13(23)14-9-11-16(12-10-14)21-19(24)18(28-20(21)27)8-4-6-15-5-2-3-7-17(15)22(25)26/h2-12H,1H3/b6-4+,18-8-. The highest BCUT2D eigenvalue weighted by Crippen LogP contribution is 2.35. The number of thioether (sulfide) groups is 1. The Kier molecular flexibility index (Phi) is 5.81. The number of hydrogen-bond acceptors (Lipinski definition) is 6. The number of hydrogen-bond donors (Lipinski definition) is 0. The van der Waals surface area contributed by atoms with E-state index in [9.17, 15) is 19.7 Å². The predicted octanol–water partition coefficient (Wildman–Crippen LogP) is 4.76. The molecule has 0 radical (unpaired) electrons. The minimum atomic E-state index is -0.455. The summed E-state index contributed by atoms with van der Waals surface area (Å²) in [6.45, 7) is 1.47. The Morgan fingerprint density at radius 1 is 1.18 bits per heavy atom. The monoisotopic (exact) mass is 410 g/mol. The van der Waals surface area contributed by atoms with Gasteiger partial charge in [0.1, 0.15) is 0 Å². The zero-order chi connectivity index (χ0) is 20.3. The summed E-state index contributed by atoms with van der Waals surface area (Å²) in [5, 5.41) is 11.1. The second kappa shape index (κ2) is 8.28. The van der Waals surface area contributed by atoms with E-state index < -0.39 is 4.92 Å². The fourth-order valence-electron chi connectivity index (χ4n) is 2.58. The zero-order valence-corrected chi connectivity index (χ0v) is 16.3. The van der Waals surface area contributed by atoms with E-state index in [0.717, 1.165) is 11.8 Å². The summed E-state index contributed by atoms with van der Waals surface area (Å²) >= 11 is 6.46. The molecule has 0 bridgehead atoms. The van der Waals surface area contributed by atoms with E-state index >= 15 is 0 Å². The summed E-state index contributed by atoms with van der Waals surface area (Å²) < 4.78 is 0.380. The van der Waals surface area contributed by atoms with Crippen LogP contribution in [0.4, 0.5) is 11.4 Å². The van der Waals surface area contributed by atoms with Crippen LogP contribution in [-0.2, 0) is 4.79 Å². The molecule has 1 heterocycles. The molecule has 1 aliphatic rings. The van der Waals surface area contributed by atoms with Crippen molar-refractivity contribution in [1.29, 1.82) is 0 Å². The van der Waals surface area contributed by atoms with Crippen LogP contribution in [0.5, 0.6) is 0 Å². The Morgan fingerprint density at radius 2 is 1.86 bits per heavy atom. The largest absolute Gasteiger partial charge is 0.295 e. The first-order valence-electron chi connectivity index (χ1n) is 8.17. The molecule has 0 spiro atoms. The molecule has 1 saturated heterocycles. The maximum absolute atomic E-state index is 12.7. The lowest BCUT2D eigenvalue weighted by atomic mass is 10.1. The van der Waals surface area contributed by atoms with Crippen molar-refractivity contribution in [2.45, 2.75) is 6.92 Å². The topological polar surface area (TPSA) is 80.5 Å². The Hall–Kier alpha value is -3.10. The fraction of sp³-hybridized carbons (Fsp3) is 0.0500. The fourth-order valence-corrected chi connectivity index (χ4v) is 3.83. The van der Waals surface area contributed by atoms with Gasteiger partial charge in [-0.05, 0) is 49.4 Å². The SMILES string of the molecule is CC(=O)c1ccc(N2C(=O)/C(=C/C=C/c3ccccc3[N+](=O)[O-])SC2=S)cc1. The Bertz CT molecular complexity index is 1040. The van der Waals surface area contributed by atoms with Crippen LogP contribution >= 0.6 is 24.0 Å². The van der Waals surface area contributed by atoms with E-state index in [4.69, 9.17) is 12.2 Å². The van der Waals surface area contributed by atoms with Crippen LogP contribution < -0.4 is 4.90 Å². The van der Waals surface area contributed by atoms with Gasteiger partial charge < -0.3 is 0 Å². The average molecular weight is 410 g/mol. The number of amides is 1. The van der Waals surface area contributed by atoms with Gasteiger partial charge in [-0.2, -0.15) is 0 Å². The molecule has 3 rings (SSSR count). The van der Waals surface area contributed by atoms with Crippen LogP contribution in [0.25, 0.3) is 6.08 Å². The molecule has 2 aromatic rings. The van der Waals surface area contributed by atoms with Gasteiger partial charge in [0, 0.05) is 11.6 Å². The van der Waals surface area contributed by atoms with Crippen molar-refractivity contribution in [3.8, 4) is 0 Å². The van der Waals surface area contributed by atoms with Gasteiger partial charge in [0.2, 0.25) is 0 Å². The first-order chi connectivity index (χ1) is 13.4. The summed E-state index contributed by atoms with van der Waals surface area (Å²) in [4.78, 5) is 36.5. The van der Waals surface area contributed by atoms with E-state index in [1.807, 2.05) is 0 Å². The summed E-state index contributed by atoms with van der Waals surface area (Å²) in [5.74, 6) is -0.338. The third kappa shape index (κ3) is 4.08. The number of nitro benzene ring substituents is 1. The average Bonchev–Trinajstić information content (AvgIpc) is 2.95. The number of rotatable bonds is 5. The van der Waals surface area contributed by atoms with Crippen molar-refractivity contribution in [1.82, 2.24) is 0 Å². The van der Waals surface area contributed by atoms with Crippen molar-refractivity contribution in [2.75, 3.05) is 4.90 Å². The van der Waals surface area contributed by atoms with E-state index in [2.05, 4.69) is 0 Å². The third-order valence-corrected chi connectivity index (χ3v) is 5.30. The van der Waals surface area contributed by atoms with Gasteiger partial charge in [-0.3, -0.25) is 24.6 Å². The zero-order valence-electron chi connectivity index (χ0n) is 14.7. The highest BCUT2D eigenvalue weighted by Gasteiger charge is 2.32. The molecule has 28 heavy (non-hydrogen) atoms. The molecule has 8 heteroatoms. The van der Waals surface area contributed by atoms with E-state index in [1.54, 1.807) is 60.7 Å². The summed E-state index contributed by atoms with van der Waals surface area (Å²) in [6.07, 6.45) is 4.75. The number of nitro groups is 1. The first-order valence-corrected chi connectivity index (χ1v) is 9.40. The molecule has 0 atom stereocenters. The van der Waals surface area contributed by atoms with Crippen molar-refractivity contribution < 1.29 is 14.5 Å². The molecule has 0 saturated carbocycles. The molecule has 140 valence electrons. The van der Waals surface area contributed by atoms with E-state index in [-0.39, 0.29) is 17.4 Å². The number of thiocarbonyl (C=S) groups is 1. The number of allylic oxidation sites excluding steroid dienone is 2.